The van der Waals surface area contributed by atoms with Crippen molar-refractivity contribution in [3.8, 4) is 0 Å². The van der Waals surface area contributed by atoms with Crippen molar-refractivity contribution < 1.29 is 23.9 Å². The maximum absolute atomic E-state index is 12.5. The van der Waals surface area contributed by atoms with Gasteiger partial charge in [0.25, 0.3) is 0 Å². The lowest BCUT2D eigenvalue weighted by atomic mass is 9.87. The normalized spacial score (nSPS) is 26.3. The summed E-state index contributed by atoms with van der Waals surface area (Å²) in [6.07, 6.45) is 5.07. The minimum atomic E-state index is -0.465. The zero-order valence-corrected chi connectivity index (χ0v) is 25.3. The smallest absolute Gasteiger partial charge is 0.410 e. The van der Waals surface area contributed by atoms with E-state index in [0.717, 1.165) is 68.5 Å². The second-order valence-electron chi connectivity index (χ2n) is 13.3. The number of rotatable bonds is 5. The number of piperazine rings is 1. The molecule has 1 atom stereocenters. The van der Waals surface area contributed by atoms with Crippen molar-refractivity contribution in [1.82, 2.24) is 24.9 Å². The van der Waals surface area contributed by atoms with Gasteiger partial charge in [0.15, 0.2) is 0 Å². The minimum absolute atomic E-state index is 0.208. The molecular weight excluding hydrogens is 536 g/mol. The number of imide groups is 1. The first-order chi connectivity index (χ1) is 20.0. The van der Waals surface area contributed by atoms with Crippen molar-refractivity contribution in [2.24, 2.45) is 7.05 Å². The van der Waals surface area contributed by atoms with E-state index in [0.29, 0.717) is 38.1 Å². The lowest BCUT2D eigenvalue weighted by Gasteiger charge is -2.47. The predicted molar refractivity (Wildman–Crippen MR) is 158 cm³/mol. The number of carbonyl (C=O) groups excluding carboxylic acids is 3. The van der Waals surface area contributed by atoms with Crippen LogP contribution in [0.3, 0.4) is 0 Å². The van der Waals surface area contributed by atoms with Gasteiger partial charge < -0.3 is 19.3 Å². The van der Waals surface area contributed by atoms with Crippen LogP contribution in [0.2, 0.25) is 0 Å². The Morgan fingerprint density at radius 3 is 2.36 bits per heavy atom. The van der Waals surface area contributed by atoms with Gasteiger partial charge in [0.1, 0.15) is 5.60 Å². The van der Waals surface area contributed by atoms with Crippen LogP contribution in [0.4, 0.5) is 10.5 Å². The summed E-state index contributed by atoms with van der Waals surface area (Å²) < 4.78 is 13.8. The number of amides is 3. The topological polar surface area (TPSA) is 109 Å². The molecule has 2 aromatic rings. The quantitative estimate of drug-likeness (QED) is 0.538. The third-order valence-electron chi connectivity index (χ3n) is 9.18. The fourth-order valence-electron chi connectivity index (χ4n) is 6.75. The van der Waals surface area contributed by atoms with Gasteiger partial charge in [-0.3, -0.25) is 24.5 Å². The summed E-state index contributed by atoms with van der Waals surface area (Å²) in [5, 5.41) is 8.12. The summed E-state index contributed by atoms with van der Waals surface area (Å²) in [5.41, 5.74) is 2.47. The molecule has 11 heteroatoms. The fraction of sp³-hybridized carbons (Fsp3) is 0.677. The Hall–Kier alpha value is -3.18. The number of ether oxygens (including phenoxy) is 2. The van der Waals surface area contributed by atoms with Gasteiger partial charge in [0.2, 0.25) is 11.8 Å². The number of carbonyl (C=O) groups is 3. The van der Waals surface area contributed by atoms with Crippen LogP contribution in [-0.4, -0.2) is 101 Å². The molecule has 6 rings (SSSR count). The van der Waals surface area contributed by atoms with Gasteiger partial charge in [0.05, 0.1) is 29.3 Å². The molecule has 1 unspecified atom stereocenters. The molecule has 0 radical (unpaired) electrons. The third kappa shape index (κ3) is 6.13. The first kappa shape index (κ1) is 28.9. The molecule has 42 heavy (non-hydrogen) atoms. The van der Waals surface area contributed by atoms with Crippen molar-refractivity contribution in [3.63, 3.8) is 0 Å². The molecule has 1 aromatic carbocycles. The van der Waals surface area contributed by atoms with Gasteiger partial charge in [-0.1, -0.05) is 0 Å². The van der Waals surface area contributed by atoms with Crippen LogP contribution in [-0.2, 0) is 26.1 Å². The number of hydrogen-bond donors (Lipinski definition) is 1. The van der Waals surface area contributed by atoms with Gasteiger partial charge in [-0.15, -0.1) is 0 Å². The van der Waals surface area contributed by atoms with Crippen molar-refractivity contribution in [2.45, 2.75) is 89.1 Å². The Morgan fingerprint density at radius 1 is 0.976 bits per heavy atom. The van der Waals surface area contributed by atoms with E-state index in [4.69, 9.17) is 9.47 Å². The Morgan fingerprint density at radius 2 is 1.69 bits per heavy atom. The number of nitrogens with zero attached hydrogens (tertiary/aromatic N) is 5. The van der Waals surface area contributed by atoms with Crippen LogP contribution in [0, 0.1) is 0 Å². The summed E-state index contributed by atoms with van der Waals surface area (Å²) >= 11 is 0. The van der Waals surface area contributed by atoms with Crippen LogP contribution in [0.1, 0.15) is 70.9 Å². The second-order valence-corrected chi connectivity index (χ2v) is 13.3. The molecule has 0 bridgehead atoms. The van der Waals surface area contributed by atoms with E-state index in [2.05, 4.69) is 38.4 Å². The van der Waals surface area contributed by atoms with E-state index in [1.54, 1.807) is 4.90 Å². The molecule has 4 aliphatic rings. The lowest BCUT2D eigenvalue weighted by molar-refractivity contribution is -0.134. The zero-order valence-electron chi connectivity index (χ0n) is 25.3. The highest BCUT2D eigenvalue weighted by Gasteiger charge is 2.38. The van der Waals surface area contributed by atoms with Crippen molar-refractivity contribution >= 4 is 34.5 Å². The van der Waals surface area contributed by atoms with Gasteiger partial charge >= 0.3 is 6.09 Å². The number of likely N-dealkylation sites (tertiary alicyclic amines) is 1. The van der Waals surface area contributed by atoms with E-state index in [1.807, 2.05) is 32.5 Å². The Bertz CT molecular complexity index is 1330. The zero-order chi connectivity index (χ0) is 29.6. The molecule has 3 amide bonds. The van der Waals surface area contributed by atoms with E-state index < -0.39 is 5.60 Å². The Kier molecular flexibility index (Phi) is 7.91. The first-order valence-electron chi connectivity index (χ1n) is 15.5. The summed E-state index contributed by atoms with van der Waals surface area (Å²) in [6.45, 7) is 11.1. The van der Waals surface area contributed by atoms with Crippen LogP contribution in [0.5, 0.6) is 0 Å². The number of anilines is 1. The number of benzene rings is 1. The monoisotopic (exact) mass is 580 g/mol. The van der Waals surface area contributed by atoms with Crippen molar-refractivity contribution in [2.75, 3.05) is 44.2 Å². The number of aromatic nitrogens is 2. The highest BCUT2D eigenvalue weighted by molar-refractivity contribution is 6.02. The molecule has 4 heterocycles. The molecule has 4 fully saturated rings. The first-order valence-corrected chi connectivity index (χ1v) is 15.5. The molecule has 3 saturated heterocycles. The SMILES string of the molecule is Cn1nc(C2CCC(=O)NC2=O)c2ccc(N3CCN(C4CC(OC5CCN(C(=O)OC(C)(C)C)CC5)C4)CC3)cc21. The molecule has 0 spiro atoms. The highest BCUT2D eigenvalue weighted by atomic mass is 16.6. The number of nitrogens with one attached hydrogen (secondary N) is 1. The molecule has 1 aromatic heterocycles. The predicted octanol–water partition coefficient (Wildman–Crippen LogP) is 3.16. The maximum atomic E-state index is 12.5. The fourth-order valence-corrected chi connectivity index (χ4v) is 6.75. The van der Waals surface area contributed by atoms with Gasteiger partial charge in [0, 0.05) is 69.9 Å². The maximum Gasteiger partial charge on any atom is 0.410 e. The summed E-state index contributed by atoms with van der Waals surface area (Å²) in [6, 6.07) is 6.97. The standard InChI is InChI=1S/C31H44N6O5/c1-31(2,3)42-30(40)37-11-9-22(10-12-37)41-23-17-21(18-23)36-15-13-35(14-16-36)20-5-6-24-26(19-20)34(4)33-28(24)25-7-8-27(38)32-29(25)39/h5-6,19,21-23,25H,7-18H2,1-4H3,(H,32,38,39). The highest BCUT2D eigenvalue weighted by Crippen LogP contribution is 2.34. The lowest BCUT2D eigenvalue weighted by Crippen LogP contribution is -2.56. The Labute approximate surface area is 247 Å². The van der Waals surface area contributed by atoms with Gasteiger partial charge in [-0.25, -0.2) is 4.79 Å². The Balaban J connectivity index is 0.960. The molecule has 11 nitrogen and oxygen atoms in total. The number of fused-ring (bicyclic) bond motifs is 1. The number of hydrogen-bond acceptors (Lipinski definition) is 8. The van der Waals surface area contributed by atoms with Crippen molar-refractivity contribution in [1.29, 1.82) is 0 Å². The molecule has 228 valence electrons. The molecule has 1 saturated carbocycles. The number of aryl methyl sites for hydroxylation is 1. The van der Waals surface area contributed by atoms with Gasteiger partial charge in [-0.05, 0) is 71.1 Å². The summed E-state index contributed by atoms with van der Waals surface area (Å²) in [5.74, 6) is -0.847. The van der Waals surface area contributed by atoms with Crippen LogP contribution < -0.4 is 10.2 Å². The third-order valence-corrected chi connectivity index (χ3v) is 9.18. The summed E-state index contributed by atoms with van der Waals surface area (Å²) in [4.78, 5) is 43.2. The van der Waals surface area contributed by atoms with Crippen molar-refractivity contribution in [3.05, 3.63) is 23.9 Å². The molecule has 3 aliphatic heterocycles. The molecule has 1 N–H and O–H groups in total. The van der Waals surface area contributed by atoms with Crippen LogP contribution in [0.25, 0.3) is 10.9 Å². The minimum Gasteiger partial charge on any atom is -0.444 e. The largest absolute Gasteiger partial charge is 0.444 e. The van der Waals surface area contributed by atoms with Crippen LogP contribution in [0.15, 0.2) is 18.2 Å². The number of piperidine rings is 2. The van der Waals surface area contributed by atoms with E-state index in [9.17, 15) is 14.4 Å². The van der Waals surface area contributed by atoms with Gasteiger partial charge in [-0.2, -0.15) is 5.10 Å². The average Bonchev–Trinajstić information content (AvgIpc) is 3.25. The van der Waals surface area contributed by atoms with Crippen LogP contribution >= 0.6 is 0 Å². The van der Waals surface area contributed by atoms with E-state index in [-0.39, 0.29) is 29.9 Å². The van der Waals surface area contributed by atoms with E-state index >= 15 is 0 Å². The van der Waals surface area contributed by atoms with E-state index in [1.165, 1.54) is 5.69 Å². The average molecular weight is 581 g/mol. The molecule has 1 aliphatic carbocycles. The molecular formula is C31H44N6O5. The second kappa shape index (κ2) is 11.5. The summed E-state index contributed by atoms with van der Waals surface area (Å²) in [7, 11) is 1.92.